The molecule has 2 heterocycles. The molecule has 3 unspecified atom stereocenters. The SMILES string of the molecule is CCCCCCCCCCCCCCCC(=O)Nc1cccc(C2OC(Cn3cnc(Cl)c3Cl)CC(c3ccc(CO)cc3)O2)c1. The van der Waals surface area contributed by atoms with Crippen molar-refractivity contribution in [3.63, 3.8) is 0 Å². The number of carbonyl (C=O) groups excluding carboxylic acids is 1. The van der Waals surface area contributed by atoms with Crippen LogP contribution in [0.15, 0.2) is 54.9 Å². The molecule has 1 aliphatic heterocycles. The normalized spacial score (nSPS) is 18.1. The molecule has 2 N–H and O–H groups in total. The summed E-state index contributed by atoms with van der Waals surface area (Å²) in [4.78, 5) is 16.9. The van der Waals surface area contributed by atoms with Gasteiger partial charge in [-0.2, -0.15) is 0 Å². The van der Waals surface area contributed by atoms with Crippen molar-refractivity contribution in [1.82, 2.24) is 9.55 Å². The van der Waals surface area contributed by atoms with Crippen molar-refractivity contribution in [3.8, 4) is 0 Å². The highest BCUT2D eigenvalue weighted by Gasteiger charge is 2.33. The van der Waals surface area contributed by atoms with Gasteiger partial charge in [-0.05, 0) is 29.7 Å². The number of aliphatic hydroxyl groups excluding tert-OH is 1. The van der Waals surface area contributed by atoms with Crippen LogP contribution in [0, 0.1) is 0 Å². The van der Waals surface area contributed by atoms with E-state index in [9.17, 15) is 9.90 Å². The molecule has 46 heavy (non-hydrogen) atoms. The van der Waals surface area contributed by atoms with Gasteiger partial charge in [-0.15, -0.1) is 0 Å². The minimum Gasteiger partial charge on any atom is -0.392 e. The number of hydrogen-bond acceptors (Lipinski definition) is 5. The number of unbranched alkanes of at least 4 members (excludes halogenated alkanes) is 12. The zero-order valence-corrected chi connectivity index (χ0v) is 28.8. The van der Waals surface area contributed by atoms with Gasteiger partial charge in [-0.25, -0.2) is 4.98 Å². The molecule has 0 radical (unpaired) electrons. The third-order valence-electron chi connectivity index (χ3n) is 8.70. The molecule has 1 saturated heterocycles. The van der Waals surface area contributed by atoms with Crippen molar-refractivity contribution < 1.29 is 19.4 Å². The van der Waals surface area contributed by atoms with Crippen LogP contribution in [0.4, 0.5) is 5.69 Å². The molecule has 0 aliphatic carbocycles. The molecule has 0 bridgehead atoms. The van der Waals surface area contributed by atoms with Crippen molar-refractivity contribution in [3.05, 3.63) is 81.9 Å². The van der Waals surface area contributed by atoms with Crippen molar-refractivity contribution in [2.45, 2.75) is 135 Å². The number of nitrogens with one attached hydrogen (secondary N) is 1. The molecule has 7 nitrogen and oxygen atoms in total. The molecule has 9 heteroatoms. The maximum absolute atomic E-state index is 12.8. The largest absolute Gasteiger partial charge is 0.392 e. The minimum atomic E-state index is -0.656. The molecule has 1 aromatic heterocycles. The van der Waals surface area contributed by atoms with Crippen LogP contribution >= 0.6 is 23.2 Å². The van der Waals surface area contributed by atoms with Gasteiger partial charge in [-0.3, -0.25) is 4.79 Å². The number of carbonyl (C=O) groups is 1. The molecule has 1 fully saturated rings. The first-order chi connectivity index (χ1) is 22.5. The summed E-state index contributed by atoms with van der Waals surface area (Å²) in [7, 11) is 0. The van der Waals surface area contributed by atoms with E-state index in [4.69, 9.17) is 32.7 Å². The molecule has 4 rings (SSSR count). The highest BCUT2D eigenvalue weighted by molar-refractivity contribution is 6.40. The topological polar surface area (TPSA) is 85.6 Å². The lowest BCUT2D eigenvalue weighted by Crippen LogP contribution is -2.32. The standard InChI is InChI=1S/C37H51Cl2N3O4/c1-2-3-4-5-6-7-8-9-10-11-12-13-14-18-34(44)41-31-17-15-16-30(23-31)37-45-32(25-42-27-40-35(38)36(42)39)24-33(46-37)29-21-19-28(26-43)20-22-29/h15-17,19-23,27,32-33,37,43H,2-14,18,24-26H2,1H3,(H,41,44). The monoisotopic (exact) mass is 671 g/mol. The number of benzene rings is 2. The van der Waals surface area contributed by atoms with E-state index in [0.717, 1.165) is 35.2 Å². The second-order valence-corrected chi connectivity index (χ2v) is 13.2. The molecule has 0 saturated carbocycles. The van der Waals surface area contributed by atoms with Crippen molar-refractivity contribution in [2.75, 3.05) is 5.32 Å². The Labute approximate surface area is 285 Å². The van der Waals surface area contributed by atoms with Gasteiger partial charge in [0.1, 0.15) is 5.15 Å². The summed E-state index contributed by atoms with van der Waals surface area (Å²) in [5.74, 6) is 0.0251. The average molecular weight is 673 g/mol. The number of rotatable bonds is 20. The molecular formula is C37H51Cl2N3O4. The van der Waals surface area contributed by atoms with E-state index in [1.54, 1.807) is 10.9 Å². The summed E-state index contributed by atoms with van der Waals surface area (Å²) >= 11 is 12.4. The van der Waals surface area contributed by atoms with Crippen molar-refractivity contribution >= 4 is 34.8 Å². The zero-order chi connectivity index (χ0) is 32.6. The van der Waals surface area contributed by atoms with Gasteiger partial charge >= 0.3 is 0 Å². The Hall–Kier alpha value is -2.42. The van der Waals surface area contributed by atoms with Gasteiger partial charge in [0.15, 0.2) is 11.4 Å². The second-order valence-electron chi connectivity index (χ2n) is 12.5. The van der Waals surface area contributed by atoms with E-state index in [1.165, 1.54) is 70.6 Å². The zero-order valence-electron chi connectivity index (χ0n) is 27.3. The van der Waals surface area contributed by atoms with E-state index in [-0.39, 0.29) is 29.9 Å². The lowest BCUT2D eigenvalue weighted by atomic mass is 10.00. The van der Waals surface area contributed by atoms with Crippen LogP contribution < -0.4 is 5.32 Å². The summed E-state index contributed by atoms with van der Waals surface area (Å²) in [6.45, 7) is 2.71. The van der Waals surface area contributed by atoms with Crippen LogP contribution in [0.5, 0.6) is 0 Å². The van der Waals surface area contributed by atoms with E-state index in [1.807, 2.05) is 48.5 Å². The minimum absolute atomic E-state index is 0.0160. The summed E-state index contributed by atoms with van der Waals surface area (Å²) in [5.41, 5.74) is 3.37. The molecule has 3 aromatic rings. The van der Waals surface area contributed by atoms with Crippen LogP contribution in [0.25, 0.3) is 0 Å². The fourth-order valence-corrected chi connectivity index (χ4v) is 6.33. The number of aromatic nitrogens is 2. The average Bonchev–Trinajstić information content (AvgIpc) is 3.39. The predicted molar refractivity (Wildman–Crippen MR) is 186 cm³/mol. The number of amides is 1. The first-order valence-electron chi connectivity index (χ1n) is 17.2. The molecule has 1 aliphatic rings. The fraction of sp³-hybridized carbons (Fsp3) is 0.568. The van der Waals surface area contributed by atoms with Gasteiger partial charge in [0.2, 0.25) is 5.91 Å². The Morgan fingerprint density at radius 2 is 1.54 bits per heavy atom. The highest BCUT2D eigenvalue weighted by Crippen LogP contribution is 2.39. The quantitative estimate of drug-likeness (QED) is 0.117. The maximum Gasteiger partial charge on any atom is 0.224 e. The Morgan fingerprint density at radius 1 is 0.891 bits per heavy atom. The van der Waals surface area contributed by atoms with Gasteiger partial charge in [0.05, 0.1) is 31.7 Å². The Kier molecular flexibility index (Phi) is 15.9. The fourth-order valence-electron chi connectivity index (χ4n) is 6.01. The summed E-state index contributed by atoms with van der Waals surface area (Å²) in [6.07, 6.45) is 18.2. The molecule has 1 amide bonds. The van der Waals surface area contributed by atoms with Crippen LogP contribution in [0.2, 0.25) is 10.3 Å². The van der Waals surface area contributed by atoms with Crippen molar-refractivity contribution in [2.24, 2.45) is 0 Å². The van der Waals surface area contributed by atoms with Gasteiger partial charge in [0.25, 0.3) is 0 Å². The summed E-state index contributed by atoms with van der Waals surface area (Å²) in [5, 5.41) is 13.2. The smallest absolute Gasteiger partial charge is 0.224 e. The lowest BCUT2D eigenvalue weighted by Gasteiger charge is -2.36. The number of nitrogens with zero attached hydrogens (tertiary/aromatic N) is 2. The predicted octanol–water partition coefficient (Wildman–Crippen LogP) is 10.3. The third kappa shape index (κ3) is 12.0. The summed E-state index contributed by atoms with van der Waals surface area (Å²) < 4.78 is 14.7. The van der Waals surface area contributed by atoms with E-state index in [2.05, 4.69) is 17.2 Å². The second kappa shape index (κ2) is 20.1. The van der Waals surface area contributed by atoms with Gasteiger partial charge in [0, 0.05) is 24.1 Å². The molecule has 2 aromatic carbocycles. The summed E-state index contributed by atoms with van der Waals surface area (Å²) in [6, 6.07) is 15.4. The van der Waals surface area contributed by atoms with Crippen LogP contribution in [-0.2, 0) is 27.4 Å². The van der Waals surface area contributed by atoms with E-state index in [0.29, 0.717) is 24.5 Å². The number of ether oxygens (including phenoxy) is 2. The van der Waals surface area contributed by atoms with E-state index >= 15 is 0 Å². The molecule has 3 atom stereocenters. The van der Waals surface area contributed by atoms with Crippen LogP contribution in [0.3, 0.4) is 0 Å². The third-order valence-corrected chi connectivity index (χ3v) is 9.47. The first kappa shape index (κ1) is 36.4. The lowest BCUT2D eigenvalue weighted by molar-refractivity contribution is -0.252. The number of halogens is 2. The number of aliphatic hydroxyl groups is 1. The number of hydrogen-bond donors (Lipinski definition) is 2. The Morgan fingerprint density at radius 3 is 2.15 bits per heavy atom. The highest BCUT2D eigenvalue weighted by atomic mass is 35.5. The van der Waals surface area contributed by atoms with Gasteiger partial charge in [-0.1, -0.05) is 144 Å². The number of imidazole rings is 1. The Bertz CT molecular complexity index is 1320. The maximum atomic E-state index is 12.8. The van der Waals surface area contributed by atoms with Gasteiger partial charge < -0.3 is 24.5 Å². The molecule has 252 valence electrons. The van der Waals surface area contributed by atoms with Crippen molar-refractivity contribution in [1.29, 1.82) is 0 Å². The number of anilines is 1. The Balaban J connectivity index is 1.25. The first-order valence-corrected chi connectivity index (χ1v) is 18.0. The molecular weight excluding hydrogens is 621 g/mol. The van der Waals surface area contributed by atoms with Crippen LogP contribution in [-0.4, -0.2) is 26.7 Å². The molecule has 0 spiro atoms. The van der Waals surface area contributed by atoms with E-state index < -0.39 is 6.29 Å². The van der Waals surface area contributed by atoms with Crippen LogP contribution in [0.1, 0.15) is 132 Å².